The molecular weight excluding hydrogens is 362 g/mol. The average Bonchev–Trinajstić information content (AvgIpc) is 2.75. The summed E-state index contributed by atoms with van der Waals surface area (Å²) in [6.45, 7) is 2.29. The van der Waals surface area contributed by atoms with Crippen molar-refractivity contribution in [2.75, 3.05) is 0 Å². The minimum atomic E-state index is -0.790. The van der Waals surface area contributed by atoms with Crippen LogP contribution in [-0.2, 0) is 0 Å². The van der Waals surface area contributed by atoms with Gasteiger partial charge in [0.2, 0.25) is 0 Å². The van der Waals surface area contributed by atoms with E-state index in [1.54, 1.807) is 6.07 Å². The molecule has 2 aromatic carbocycles. The van der Waals surface area contributed by atoms with Crippen LogP contribution in [0.25, 0.3) is 11.1 Å². The first-order valence-electron chi connectivity index (χ1n) is 11.7. The second kappa shape index (κ2) is 9.41. The summed E-state index contributed by atoms with van der Waals surface area (Å²) in [5.74, 6) is 1.93. The summed E-state index contributed by atoms with van der Waals surface area (Å²) >= 11 is 0. The van der Waals surface area contributed by atoms with Gasteiger partial charge in [0, 0.05) is 0 Å². The Morgan fingerprint density at radius 2 is 1.48 bits per heavy atom. The van der Waals surface area contributed by atoms with Crippen LogP contribution in [0.5, 0.6) is 0 Å². The summed E-state index contributed by atoms with van der Waals surface area (Å²) in [6.07, 6.45) is 13.9. The topological polar surface area (TPSA) is 0 Å². The van der Waals surface area contributed by atoms with E-state index < -0.39 is 11.6 Å². The van der Waals surface area contributed by atoms with Crippen LogP contribution >= 0.6 is 0 Å². The van der Waals surface area contributed by atoms with Gasteiger partial charge in [-0.15, -0.1) is 0 Å². The number of hydrogen-bond acceptors (Lipinski definition) is 0. The highest BCUT2D eigenvalue weighted by Crippen LogP contribution is 2.48. The third kappa shape index (κ3) is 4.90. The Balaban J connectivity index is 1.35. The lowest BCUT2D eigenvalue weighted by Crippen LogP contribution is -2.30. The molecule has 0 heterocycles. The maximum Gasteiger partial charge on any atom is 0.159 e. The van der Waals surface area contributed by atoms with Gasteiger partial charge < -0.3 is 0 Å². The lowest BCUT2D eigenvalue weighted by atomic mass is 9.63. The van der Waals surface area contributed by atoms with Crippen LogP contribution in [0.15, 0.2) is 42.5 Å². The molecule has 2 fully saturated rings. The molecule has 2 heteroatoms. The third-order valence-electron chi connectivity index (χ3n) is 7.57. The van der Waals surface area contributed by atoms with Gasteiger partial charge in [-0.05, 0) is 84.6 Å². The molecule has 0 radical (unpaired) electrons. The number of rotatable bonds is 6. The van der Waals surface area contributed by atoms with E-state index in [-0.39, 0.29) is 0 Å². The van der Waals surface area contributed by atoms with Gasteiger partial charge in [0.05, 0.1) is 0 Å². The zero-order valence-corrected chi connectivity index (χ0v) is 17.7. The molecule has 0 aliphatic heterocycles. The van der Waals surface area contributed by atoms with Crippen LogP contribution in [0.1, 0.15) is 82.6 Å². The second-order valence-electron chi connectivity index (χ2n) is 9.46. The van der Waals surface area contributed by atoms with E-state index in [0.717, 1.165) is 28.9 Å². The molecule has 0 saturated heterocycles. The fraction of sp³-hybridized carbons (Fsp3) is 0.556. The van der Waals surface area contributed by atoms with E-state index in [9.17, 15) is 8.78 Å². The van der Waals surface area contributed by atoms with Crippen molar-refractivity contribution in [3.63, 3.8) is 0 Å². The SMILES string of the molecule is CCCCCC1CCC2CC(c3ccc(-c4ccc(F)c(F)c4)cc3)CCC2C1. The van der Waals surface area contributed by atoms with Crippen LogP contribution in [0.2, 0.25) is 0 Å². The molecule has 4 atom stereocenters. The third-order valence-corrected chi connectivity index (χ3v) is 7.57. The first-order valence-corrected chi connectivity index (χ1v) is 11.7. The summed E-state index contributed by atoms with van der Waals surface area (Å²) in [5.41, 5.74) is 3.11. The Morgan fingerprint density at radius 1 is 0.759 bits per heavy atom. The molecule has 0 spiro atoms. The smallest absolute Gasteiger partial charge is 0.159 e. The van der Waals surface area contributed by atoms with Crippen molar-refractivity contribution in [2.24, 2.45) is 17.8 Å². The predicted molar refractivity (Wildman–Crippen MR) is 117 cm³/mol. The number of benzene rings is 2. The highest BCUT2D eigenvalue weighted by atomic mass is 19.2. The molecule has 156 valence electrons. The Labute approximate surface area is 174 Å². The first-order chi connectivity index (χ1) is 14.1. The Morgan fingerprint density at radius 3 is 2.24 bits per heavy atom. The van der Waals surface area contributed by atoms with Crippen molar-refractivity contribution in [3.8, 4) is 11.1 Å². The number of fused-ring (bicyclic) bond motifs is 1. The molecule has 29 heavy (non-hydrogen) atoms. The zero-order valence-electron chi connectivity index (χ0n) is 17.7. The quantitative estimate of drug-likeness (QED) is 0.429. The van der Waals surface area contributed by atoms with Gasteiger partial charge >= 0.3 is 0 Å². The fourth-order valence-electron chi connectivity index (χ4n) is 5.86. The maximum absolute atomic E-state index is 13.5. The van der Waals surface area contributed by atoms with Gasteiger partial charge in [0.1, 0.15) is 0 Å². The number of hydrogen-bond donors (Lipinski definition) is 0. The second-order valence-corrected chi connectivity index (χ2v) is 9.46. The number of unbranched alkanes of at least 4 members (excludes halogenated alkanes) is 2. The summed E-state index contributed by atoms with van der Waals surface area (Å²) < 4.78 is 26.7. The van der Waals surface area contributed by atoms with E-state index in [4.69, 9.17) is 0 Å². The lowest BCUT2D eigenvalue weighted by Gasteiger charge is -2.42. The molecule has 2 aromatic rings. The molecule has 0 bridgehead atoms. The van der Waals surface area contributed by atoms with Gasteiger partial charge in [-0.25, -0.2) is 8.78 Å². The van der Waals surface area contributed by atoms with Crippen molar-refractivity contribution < 1.29 is 8.78 Å². The largest absolute Gasteiger partial charge is 0.204 e. The van der Waals surface area contributed by atoms with E-state index in [1.165, 1.54) is 81.9 Å². The molecule has 4 unspecified atom stereocenters. The Bertz CT molecular complexity index is 795. The number of halogens is 2. The summed E-state index contributed by atoms with van der Waals surface area (Å²) in [7, 11) is 0. The van der Waals surface area contributed by atoms with Crippen molar-refractivity contribution in [3.05, 3.63) is 59.7 Å². The molecule has 4 rings (SSSR count). The molecule has 0 nitrogen and oxygen atoms in total. The van der Waals surface area contributed by atoms with Crippen LogP contribution in [0.3, 0.4) is 0 Å². The summed E-state index contributed by atoms with van der Waals surface area (Å²) in [5, 5.41) is 0. The zero-order chi connectivity index (χ0) is 20.2. The molecule has 0 amide bonds. The molecule has 0 N–H and O–H groups in total. The lowest BCUT2D eigenvalue weighted by molar-refractivity contribution is 0.113. The van der Waals surface area contributed by atoms with Crippen molar-refractivity contribution in [1.29, 1.82) is 0 Å². The summed E-state index contributed by atoms with van der Waals surface area (Å²) in [6, 6.07) is 12.7. The van der Waals surface area contributed by atoms with Gasteiger partial charge in [-0.2, -0.15) is 0 Å². The monoisotopic (exact) mass is 396 g/mol. The predicted octanol–water partition coefficient (Wildman–Crippen LogP) is 8.51. The van der Waals surface area contributed by atoms with Gasteiger partial charge in [0.15, 0.2) is 11.6 Å². The Kier molecular flexibility index (Phi) is 6.67. The van der Waals surface area contributed by atoms with Crippen molar-refractivity contribution in [1.82, 2.24) is 0 Å². The molecule has 2 saturated carbocycles. The van der Waals surface area contributed by atoms with E-state index in [2.05, 4.69) is 31.2 Å². The van der Waals surface area contributed by atoms with E-state index >= 15 is 0 Å². The van der Waals surface area contributed by atoms with Gasteiger partial charge in [-0.3, -0.25) is 0 Å². The van der Waals surface area contributed by atoms with Crippen LogP contribution in [-0.4, -0.2) is 0 Å². The van der Waals surface area contributed by atoms with Gasteiger partial charge in [0.25, 0.3) is 0 Å². The van der Waals surface area contributed by atoms with Gasteiger partial charge in [-0.1, -0.05) is 69.4 Å². The highest BCUT2D eigenvalue weighted by Gasteiger charge is 2.35. The molecule has 0 aromatic heterocycles. The minimum absolute atomic E-state index is 0.659. The normalized spacial score (nSPS) is 26.9. The fourth-order valence-corrected chi connectivity index (χ4v) is 5.86. The molecule has 2 aliphatic rings. The first kappa shape index (κ1) is 20.6. The average molecular weight is 397 g/mol. The van der Waals surface area contributed by atoms with E-state index in [0.29, 0.717) is 5.92 Å². The van der Waals surface area contributed by atoms with Crippen molar-refractivity contribution in [2.45, 2.75) is 77.0 Å². The highest BCUT2D eigenvalue weighted by molar-refractivity contribution is 5.63. The summed E-state index contributed by atoms with van der Waals surface area (Å²) in [4.78, 5) is 0. The minimum Gasteiger partial charge on any atom is -0.204 e. The van der Waals surface area contributed by atoms with Crippen molar-refractivity contribution >= 4 is 0 Å². The van der Waals surface area contributed by atoms with E-state index in [1.807, 2.05) is 0 Å². The molecular formula is C27H34F2. The molecule has 2 aliphatic carbocycles. The van der Waals surface area contributed by atoms with Crippen LogP contribution < -0.4 is 0 Å². The van der Waals surface area contributed by atoms with Crippen LogP contribution in [0.4, 0.5) is 8.78 Å². The maximum atomic E-state index is 13.5. The standard InChI is InChI=1S/C27H34F2/c1-2-3-4-5-19-6-7-24-17-23(13-12-22(24)16-19)20-8-10-21(11-9-20)25-14-15-26(28)27(29)18-25/h8-11,14-15,18-19,22-24H,2-7,12-13,16-17H2,1H3. The Hall–Kier alpha value is -1.70. The van der Waals surface area contributed by atoms with Crippen LogP contribution in [0, 0.1) is 29.4 Å².